The number of aromatic nitrogens is 1. The monoisotopic (exact) mass is 182 g/mol. The summed E-state index contributed by atoms with van der Waals surface area (Å²) in [7, 11) is 1.31. The highest BCUT2D eigenvalue weighted by molar-refractivity contribution is 5.89. The van der Waals surface area contributed by atoms with Crippen LogP contribution in [0.5, 0.6) is 0 Å². The number of rotatable bonds is 1. The molecular weight excluding hydrogens is 168 g/mol. The molecule has 0 bridgehead atoms. The molecule has 0 spiro atoms. The molecular formula is C9H14N2O2. The molecule has 1 rings (SSSR count). The summed E-state index contributed by atoms with van der Waals surface area (Å²) in [6.45, 7) is 4.00. The van der Waals surface area contributed by atoms with Crippen molar-refractivity contribution < 1.29 is 9.53 Å². The van der Waals surface area contributed by atoms with Crippen molar-refractivity contribution in [3.63, 3.8) is 0 Å². The number of hydrogen-bond donors (Lipinski definition) is 1. The van der Waals surface area contributed by atoms with Gasteiger partial charge in [-0.05, 0) is 6.07 Å². The van der Waals surface area contributed by atoms with E-state index in [0.717, 1.165) is 0 Å². The molecule has 1 aromatic heterocycles. The van der Waals surface area contributed by atoms with Crippen LogP contribution in [-0.2, 0) is 4.74 Å². The predicted octanol–water partition coefficient (Wildman–Crippen LogP) is 1.48. The number of pyridine rings is 1. The van der Waals surface area contributed by atoms with Crippen LogP contribution in [0.1, 0.15) is 24.2 Å². The number of nitrogen functional groups attached to an aromatic ring is 1. The largest absolute Gasteiger partial charge is 0.465 e. The van der Waals surface area contributed by atoms with E-state index in [-0.39, 0.29) is 0 Å². The summed E-state index contributed by atoms with van der Waals surface area (Å²) in [6, 6.07) is 1.51. The maximum absolute atomic E-state index is 10.8. The van der Waals surface area contributed by atoms with E-state index in [0.29, 0.717) is 11.3 Å². The first kappa shape index (κ1) is 11.4. The zero-order valence-corrected chi connectivity index (χ0v) is 8.07. The predicted molar refractivity (Wildman–Crippen MR) is 51.3 cm³/mol. The minimum atomic E-state index is -0.426. The van der Waals surface area contributed by atoms with Gasteiger partial charge in [-0.15, -0.1) is 0 Å². The van der Waals surface area contributed by atoms with Gasteiger partial charge < -0.3 is 10.5 Å². The standard InChI is InChI=1S/C7H8N2O2.C2H6/c1-11-7(10)5-2-6(8)4-9-3-5;1-2/h2-4H,8H2,1H3;1-2H3. The van der Waals surface area contributed by atoms with Crippen LogP contribution in [0.25, 0.3) is 0 Å². The number of nitrogens with two attached hydrogens (primary N) is 1. The van der Waals surface area contributed by atoms with Crippen molar-refractivity contribution in [2.24, 2.45) is 0 Å². The van der Waals surface area contributed by atoms with E-state index in [4.69, 9.17) is 5.73 Å². The molecule has 0 amide bonds. The van der Waals surface area contributed by atoms with E-state index in [1.807, 2.05) is 13.8 Å². The van der Waals surface area contributed by atoms with E-state index in [1.54, 1.807) is 0 Å². The van der Waals surface area contributed by atoms with Crippen LogP contribution in [0.3, 0.4) is 0 Å². The average molecular weight is 182 g/mol. The fourth-order valence-electron chi connectivity index (χ4n) is 0.687. The summed E-state index contributed by atoms with van der Waals surface area (Å²) in [5.74, 6) is -0.426. The third-order valence-corrected chi connectivity index (χ3v) is 1.18. The van der Waals surface area contributed by atoms with Crippen LogP contribution in [0.15, 0.2) is 18.5 Å². The lowest BCUT2D eigenvalue weighted by Crippen LogP contribution is -2.02. The van der Waals surface area contributed by atoms with Crippen molar-refractivity contribution >= 4 is 11.7 Å². The second-order valence-corrected chi connectivity index (χ2v) is 2.00. The third kappa shape index (κ3) is 3.55. The zero-order valence-electron chi connectivity index (χ0n) is 8.07. The molecule has 4 nitrogen and oxygen atoms in total. The smallest absolute Gasteiger partial charge is 0.339 e. The quantitative estimate of drug-likeness (QED) is 0.668. The Labute approximate surface area is 77.7 Å². The van der Waals surface area contributed by atoms with Gasteiger partial charge in [0.05, 0.1) is 18.4 Å². The summed E-state index contributed by atoms with van der Waals surface area (Å²) in [5.41, 5.74) is 6.20. The van der Waals surface area contributed by atoms with Gasteiger partial charge in [0.1, 0.15) is 0 Å². The molecule has 0 aliphatic heterocycles. The normalized spacial score (nSPS) is 8.23. The summed E-state index contributed by atoms with van der Waals surface area (Å²) in [4.78, 5) is 14.6. The Morgan fingerprint density at radius 3 is 2.54 bits per heavy atom. The summed E-state index contributed by atoms with van der Waals surface area (Å²) in [5, 5.41) is 0. The van der Waals surface area contributed by atoms with Crippen LogP contribution in [0, 0.1) is 0 Å². The van der Waals surface area contributed by atoms with Gasteiger partial charge in [0, 0.05) is 12.4 Å². The number of carbonyl (C=O) groups excluding carboxylic acids is 1. The minimum Gasteiger partial charge on any atom is -0.465 e. The first-order chi connectivity index (χ1) is 6.24. The summed E-state index contributed by atoms with van der Waals surface area (Å²) < 4.78 is 4.46. The van der Waals surface area contributed by atoms with Crippen molar-refractivity contribution in [3.8, 4) is 0 Å². The zero-order chi connectivity index (χ0) is 10.3. The van der Waals surface area contributed by atoms with Gasteiger partial charge >= 0.3 is 5.97 Å². The summed E-state index contributed by atoms with van der Waals surface area (Å²) in [6.07, 6.45) is 2.87. The number of esters is 1. The maximum Gasteiger partial charge on any atom is 0.339 e. The molecule has 0 aliphatic carbocycles. The van der Waals surface area contributed by atoms with Gasteiger partial charge in [0.25, 0.3) is 0 Å². The van der Waals surface area contributed by atoms with Crippen molar-refractivity contribution in [1.29, 1.82) is 0 Å². The maximum atomic E-state index is 10.8. The Morgan fingerprint density at radius 1 is 1.46 bits per heavy atom. The number of carbonyl (C=O) groups is 1. The van der Waals surface area contributed by atoms with Crippen LogP contribution in [0.2, 0.25) is 0 Å². The molecule has 13 heavy (non-hydrogen) atoms. The molecule has 0 aliphatic rings. The van der Waals surface area contributed by atoms with Crippen LogP contribution in [-0.4, -0.2) is 18.1 Å². The SMILES string of the molecule is CC.COC(=O)c1cncc(N)c1. The fourth-order valence-corrected chi connectivity index (χ4v) is 0.687. The van der Waals surface area contributed by atoms with Crippen LogP contribution >= 0.6 is 0 Å². The summed E-state index contributed by atoms with van der Waals surface area (Å²) >= 11 is 0. The number of anilines is 1. The van der Waals surface area contributed by atoms with Crippen molar-refractivity contribution in [2.45, 2.75) is 13.8 Å². The van der Waals surface area contributed by atoms with E-state index in [2.05, 4.69) is 9.72 Å². The van der Waals surface area contributed by atoms with Crippen molar-refractivity contribution in [2.75, 3.05) is 12.8 Å². The molecule has 0 radical (unpaired) electrons. The van der Waals surface area contributed by atoms with E-state index in [9.17, 15) is 4.79 Å². The molecule has 0 saturated heterocycles. The lowest BCUT2D eigenvalue weighted by atomic mass is 10.3. The lowest BCUT2D eigenvalue weighted by Gasteiger charge is -1.97. The van der Waals surface area contributed by atoms with Gasteiger partial charge in [-0.3, -0.25) is 4.98 Å². The van der Waals surface area contributed by atoms with Crippen LogP contribution in [0.4, 0.5) is 5.69 Å². The average Bonchev–Trinajstić information content (AvgIpc) is 2.20. The Bertz CT molecular complexity index is 274. The number of nitrogens with zero attached hydrogens (tertiary/aromatic N) is 1. The van der Waals surface area contributed by atoms with Gasteiger partial charge in [0.2, 0.25) is 0 Å². The molecule has 0 saturated carbocycles. The Morgan fingerprint density at radius 2 is 2.08 bits per heavy atom. The number of ether oxygens (including phenoxy) is 1. The van der Waals surface area contributed by atoms with E-state index in [1.165, 1.54) is 25.6 Å². The Kier molecular flexibility index (Phi) is 5.27. The molecule has 0 fully saturated rings. The van der Waals surface area contributed by atoms with Gasteiger partial charge in [-0.1, -0.05) is 13.8 Å². The van der Waals surface area contributed by atoms with Gasteiger partial charge in [-0.2, -0.15) is 0 Å². The highest BCUT2D eigenvalue weighted by Crippen LogP contribution is 2.04. The van der Waals surface area contributed by atoms with Gasteiger partial charge in [0.15, 0.2) is 0 Å². The molecule has 72 valence electrons. The van der Waals surface area contributed by atoms with E-state index < -0.39 is 5.97 Å². The molecule has 0 atom stereocenters. The van der Waals surface area contributed by atoms with Crippen LogP contribution < -0.4 is 5.73 Å². The molecule has 0 unspecified atom stereocenters. The molecule has 1 heterocycles. The molecule has 2 N–H and O–H groups in total. The highest BCUT2D eigenvalue weighted by Gasteiger charge is 2.04. The minimum absolute atomic E-state index is 0.368. The Hall–Kier alpha value is -1.58. The topological polar surface area (TPSA) is 65.2 Å². The lowest BCUT2D eigenvalue weighted by molar-refractivity contribution is 0.0600. The second-order valence-electron chi connectivity index (χ2n) is 2.00. The molecule has 0 aromatic carbocycles. The first-order valence-electron chi connectivity index (χ1n) is 4.03. The van der Waals surface area contributed by atoms with Crippen molar-refractivity contribution in [1.82, 2.24) is 4.98 Å². The second kappa shape index (κ2) is 5.99. The molecule has 4 heteroatoms. The van der Waals surface area contributed by atoms with Gasteiger partial charge in [-0.25, -0.2) is 4.79 Å². The fraction of sp³-hybridized carbons (Fsp3) is 0.333. The van der Waals surface area contributed by atoms with Crippen molar-refractivity contribution in [3.05, 3.63) is 24.0 Å². The number of hydrogen-bond acceptors (Lipinski definition) is 4. The molecule has 1 aromatic rings. The third-order valence-electron chi connectivity index (χ3n) is 1.18. The highest BCUT2D eigenvalue weighted by atomic mass is 16.5. The Balaban J connectivity index is 0.000000671. The van der Waals surface area contributed by atoms with E-state index >= 15 is 0 Å². The number of methoxy groups -OCH3 is 1. The first-order valence-corrected chi connectivity index (χ1v) is 4.03.